The predicted octanol–water partition coefficient (Wildman–Crippen LogP) is 2.33. The van der Waals surface area contributed by atoms with Crippen molar-refractivity contribution < 1.29 is 19.0 Å². The van der Waals surface area contributed by atoms with Crippen molar-refractivity contribution in [1.29, 1.82) is 5.26 Å². The van der Waals surface area contributed by atoms with E-state index in [1.54, 1.807) is 25.3 Å². The fourth-order valence-electron chi connectivity index (χ4n) is 2.43. The topological polar surface area (TPSA) is 92.6 Å². The van der Waals surface area contributed by atoms with Crippen molar-refractivity contribution in [3.63, 3.8) is 0 Å². The van der Waals surface area contributed by atoms with Crippen LogP contribution in [0.15, 0.2) is 35.2 Å². The van der Waals surface area contributed by atoms with E-state index in [9.17, 15) is 10.1 Å². The average molecular weight is 329 g/mol. The second kappa shape index (κ2) is 7.42. The van der Waals surface area contributed by atoms with Crippen molar-refractivity contribution in [3.05, 3.63) is 35.2 Å². The van der Waals surface area contributed by atoms with Crippen LogP contribution < -0.4 is 24.8 Å². The fourth-order valence-corrected chi connectivity index (χ4v) is 2.43. The molecule has 0 bridgehead atoms. The van der Waals surface area contributed by atoms with Crippen LogP contribution in [-0.4, -0.2) is 27.2 Å². The molecule has 1 aromatic rings. The highest BCUT2D eigenvalue weighted by atomic mass is 16.5. The maximum absolute atomic E-state index is 11.7. The smallest absolute Gasteiger partial charge is 0.228 e. The molecule has 2 N–H and O–H groups in total. The summed E-state index contributed by atoms with van der Waals surface area (Å²) < 4.78 is 15.9. The highest BCUT2D eigenvalue weighted by molar-refractivity contribution is 5.85. The summed E-state index contributed by atoms with van der Waals surface area (Å²) in [6, 6.07) is 5.59. The van der Waals surface area contributed by atoms with Crippen LogP contribution in [0.1, 0.15) is 13.3 Å². The van der Waals surface area contributed by atoms with Gasteiger partial charge in [0.2, 0.25) is 11.7 Å². The summed E-state index contributed by atoms with van der Waals surface area (Å²) in [5.41, 5.74) is 2.30. The van der Waals surface area contributed by atoms with Gasteiger partial charge in [0.05, 0.1) is 33.3 Å². The molecule has 0 spiro atoms. The number of hydrogen-bond donors (Lipinski definition) is 2. The van der Waals surface area contributed by atoms with Gasteiger partial charge in [-0.1, -0.05) is 0 Å². The number of hydrogen-bond acceptors (Lipinski definition) is 6. The lowest BCUT2D eigenvalue weighted by Gasteiger charge is -2.18. The van der Waals surface area contributed by atoms with E-state index in [2.05, 4.69) is 16.7 Å². The number of nitriles is 1. The van der Waals surface area contributed by atoms with Crippen molar-refractivity contribution in [2.75, 3.05) is 26.6 Å². The Balaban J connectivity index is 2.36. The monoisotopic (exact) mass is 329 g/mol. The molecule has 24 heavy (non-hydrogen) atoms. The minimum Gasteiger partial charge on any atom is -0.493 e. The van der Waals surface area contributed by atoms with Crippen molar-refractivity contribution in [1.82, 2.24) is 5.32 Å². The second-order valence-corrected chi connectivity index (χ2v) is 5.06. The number of anilines is 1. The molecule has 1 aliphatic heterocycles. The summed E-state index contributed by atoms with van der Waals surface area (Å²) in [5.74, 6) is 1.35. The number of benzene rings is 1. The van der Waals surface area contributed by atoms with E-state index in [4.69, 9.17) is 14.2 Å². The van der Waals surface area contributed by atoms with Gasteiger partial charge in [0.25, 0.3) is 0 Å². The minimum atomic E-state index is -0.149. The number of nitrogens with zero attached hydrogens (tertiary/aromatic N) is 1. The zero-order valence-corrected chi connectivity index (χ0v) is 14.0. The van der Waals surface area contributed by atoms with Crippen LogP contribution >= 0.6 is 0 Å². The Morgan fingerprint density at radius 3 is 2.33 bits per heavy atom. The molecule has 1 amide bonds. The van der Waals surface area contributed by atoms with Crippen LogP contribution in [0.2, 0.25) is 0 Å². The molecule has 1 aromatic carbocycles. The molecular weight excluding hydrogens is 310 g/mol. The lowest BCUT2D eigenvalue weighted by molar-refractivity contribution is -0.119. The summed E-state index contributed by atoms with van der Waals surface area (Å²) in [7, 11) is 4.60. The average Bonchev–Trinajstić information content (AvgIpc) is 2.58. The van der Waals surface area contributed by atoms with Gasteiger partial charge in [-0.05, 0) is 12.5 Å². The number of nitrogens with one attached hydrogen (secondary N) is 2. The van der Waals surface area contributed by atoms with Crippen LogP contribution in [0, 0.1) is 11.3 Å². The van der Waals surface area contributed by atoms with Crippen LogP contribution in [-0.2, 0) is 4.79 Å². The standard InChI is InChI=1S/C17H19N3O4/c1-10-13(8-18)11(5-16(21)20-10)9-19-12-6-14(22-2)17(24-4)15(7-12)23-3/h6-7,9,19H,5H2,1-4H3,(H,20,21)/b11-9-. The Hall–Kier alpha value is -3.14. The van der Waals surface area contributed by atoms with Crippen LogP contribution in [0.25, 0.3) is 0 Å². The molecule has 0 aromatic heterocycles. The largest absolute Gasteiger partial charge is 0.493 e. The molecule has 0 aliphatic carbocycles. The first-order valence-electron chi connectivity index (χ1n) is 7.20. The summed E-state index contributed by atoms with van der Waals surface area (Å²) >= 11 is 0. The van der Waals surface area contributed by atoms with Gasteiger partial charge >= 0.3 is 0 Å². The summed E-state index contributed by atoms with van der Waals surface area (Å²) in [6.45, 7) is 1.70. The van der Waals surface area contributed by atoms with E-state index in [0.29, 0.717) is 39.8 Å². The van der Waals surface area contributed by atoms with Gasteiger partial charge in [0, 0.05) is 29.7 Å². The highest BCUT2D eigenvalue weighted by Crippen LogP contribution is 2.40. The van der Waals surface area contributed by atoms with Crippen molar-refractivity contribution >= 4 is 11.6 Å². The first-order valence-corrected chi connectivity index (χ1v) is 7.20. The zero-order valence-electron chi connectivity index (χ0n) is 14.0. The summed E-state index contributed by atoms with van der Waals surface area (Å²) in [4.78, 5) is 11.7. The number of methoxy groups -OCH3 is 3. The van der Waals surface area contributed by atoms with Gasteiger partial charge in [0.1, 0.15) is 6.07 Å². The van der Waals surface area contributed by atoms with Gasteiger partial charge in [-0.2, -0.15) is 5.26 Å². The first kappa shape index (κ1) is 17.2. The van der Waals surface area contributed by atoms with E-state index >= 15 is 0 Å². The molecule has 126 valence electrons. The molecular formula is C17H19N3O4. The highest BCUT2D eigenvalue weighted by Gasteiger charge is 2.20. The van der Waals surface area contributed by atoms with Crippen molar-refractivity contribution in [2.24, 2.45) is 0 Å². The first-order chi connectivity index (χ1) is 11.5. The Kier molecular flexibility index (Phi) is 5.32. The minimum absolute atomic E-state index is 0.137. The second-order valence-electron chi connectivity index (χ2n) is 5.06. The maximum Gasteiger partial charge on any atom is 0.228 e. The number of rotatable bonds is 5. The molecule has 7 heteroatoms. The fraction of sp³-hybridized carbons (Fsp3) is 0.294. The Bertz CT molecular complexity index is 735. The Morgan fingerprint density at radius 1 is 1.21 bits per heavy atom. The maximum atomic E-state index is 11.7. The molecule has 0 saturated carbocycles. The lowest BCUT2D eigenvalue weighted by Crippen LogP contribution is -2.28. The van der Waals surface area contributed by atoms with Crippen LogP contribution in [0.5, 0.6) is 17.2 Å². The Labute approximate surface area is 140 Å². The van der Waals surface area contributed by atoms with E-state index < -0.39 is 0 Å². The van der Waals surface area contributed by atoms with E-state index in [-0.39, 0.29) is 12.3 Å². The molecule has 0 saturated heterocycles. The summed E-state index contributed by atoms with van der Waals surface area (Å²) in [5, 5.41) is 15.0. The number of amides is 1. The lowest BCUT2D eigenvalue weighted by atomic mass is 9.99. The predicted molar refractivity (Wildman–Crippen MR) is 88.9 cm³/mol. The molecule has 0 unspecified atom stereocenters. The van der Waals surface area contributed by atoms with Crippen molar-refractivity contribution in [2.45, 2.75) is 13.3 Å². The molecule has 2 rings (SSSR count). The third kappa shape index (κ3) is 3.43. The number of carbonyl (C=O) groups is 1. The van der Waals surface area contributed by atoms with Gasteiger partial charge in [-0.15, -0.1) is 0 Å². The van der Waals surface area contributed by atoms with Gasteiger partial charge in [-0.25, -0.2) is 0 Å². The molecule has 1 aliphatic rings. The third-order valence-corrected chi connectivity index (χ3v) is 3.56. The molecule has 0 radical (unpaired) electrons. The van der Waals surface area contributed by atoms with Crippen LogP contribution in [0.3, 0.4) is 0 Å². The third-order valence-electron chi connectivity index (χ3n) is 3.56. The van der Waals surface area contributed by atoms with Gasteiger partial charge in [0.15, 0.2) is 11.5 Å². The van der Waals surface area contributed by atoms with Gasteiger partial charge in [-0.3, -0.25) is 4.79 Å². The quantitative estimate of drug-likeness (QED) is 0.861. The van der Waals surface area contributed by atoms with Crippen LogP contribution in [0.4, 0.5) is 5.69 Å². The normalized spacial score (nSPS) is 15.6. The zero-order chi connectivity index (χ0) is 17.7. The molecule has 1 heterocycles. The number of ether oxygens (including phenoxy) is 3. The van der Waals surface area contributed by atoms with E-state index in [1.165, 1.54) is 21.3 Å². The number of carbonyl (C=O) groups excluding carboxylic acids is 1. The SMILES string of the molecule is COc1cc(N/C=C2/CC(=O)NC(C)=C2C#N)cc(OC)c1OC. The Morgan fingerprint density at radius 2 is 1.83 bits per heavy atom. The summed E-state index contributed by atoms with van der Waals surface area (Å²) in [6.07, 6.45) is 1.78. The molecule has 0 atom stereocenters. The molecule has 7 nitrogen and oxygen atoms in total. The van der Waals surface area contributed by atoms with Crippen molar-refractivity contribution in [3.8, 4) is 23.3 Å². The van der Waals surface area contributed by atoms with Gasteiger partial charge < -0.3 is 24.8 Å². The van der Waals surface area contributed by atoms with E-state index in [1.807, 2.05) is 0 Å². The van der Waals surface area contributed by atoms with E-state index in [0.717, 1.165) is 0 Å². The molecule has 0 fully saturated rings. The number of allylic oxidation sites excluding steroid dienone is 2.